The molecule has 1 aliphatic heterocycles. The van der Waals surface area contributed by atoms with Gasteiger partial charge in [-0.1, -0.05) is 0 Å². The molecule has 2 rings (SSSR count). The van der Waals surface area contributed by atoms with Crippen LogP contribution in [0.2, 0.25) is 18.6 Å². The largest absolute Gasteiger partial charge is 0.432 e. The first-order valence-electron chi connectivity index (χ1n) is 5.37. The molecule has 0 radical (unpaired) electrons. The second-order valence-corrected chi connectivity index (χ2v) is 9.24. The predicted molar refractivity (Wildman–Crippen MR) is 55.4 cm³/mol. The Kier molecular flexibility index (Phi) is 2.46. The summed E-state index contributed by atoms with van der Waals surface area (Å²) in [5, 5.41) is 0. The molecule has 1 heterocycles. The van der Waals surface area contributed by atoms with Crippen LogP contribution in [0.4, 0.5) is 0 Å². The molecule has 0 spiro atoms. The number of hydrogen-bond donors (Lipinski definition) is 1. The Morgan fingerprint density at radius 1 is 1.20 bits per heavy atom. The van der Waals surface area contributed by atoms with Gasteiger partial charge in [-0.2, -0.15) is 0 Å². The summed E-state index contributed by atoms with van der Waals surface area (Å²) >= 11 is 0. The Morgan fingerprint density at radius 2 is 1.80 bits per heavy atom. The number of carbonyl (C=O) groups is 2. The summed E-state index contributed by atoms with van der Waals surface area (Å²) in [7, 11) is -2.19. The smallest absolute Gasteiger partial charge is 0.317 e. The average Bonchev–Trinajstić information content (AvgIpc) is 2.41. The molecule has 1 saturated carbocycles. The lowest BCUT2D eigenvalue weighted by Gasteiger charge is -2.33. The van der Waals surface area contributed by atoms with E-state index in [1.807, 2.05) is 13.1 Å². The van der Waals surface area contributed by atoms with Crippen molar-refractivity contribution in [3.05, 3.63) is 0 Å². The van der Waals surface area contributed by atoms with Crippen LogP contribution >= 0.6 is 0 Å². The van der Waals surface area contributed by atoms with E-state index in [0.29, 0.717) is 12.8 Å². The van der Waals surface area contributed by atoms with Crippen molar-refractivity contribution in [3.8, 4) is 0 Å². The van der Waals surface area contributed by atoms with E-state index in [1.54, 1.807) is 0 Å². The number of fused-ring (bicyclic) bond motifs is 1. The van der Waals surface area contributed by atoms with Crippen molar-refractivity contribution >= 4 is 20.3 Å². The van der Waals surface area contributed by atoms with Gasteiger partial charge in [-0.25, -0.2) is 0 Å². The van der Waals surface area contributed by atoms with Crippen molar-refractivity contribution in [2.24, 2.45) is 11.8 Å². The molecular formula is C10H16O4Si. The first-order valence-corrected chi connectivity index (χ1v) is 8.40. The van der Waals surface area contributed by atoms with E-state index in [9.17, 15) is 14.4 Å². The van der Waals surface area contributed by atoms with Crippen LogP contribution in [0.1, 0.15) is 19.3 Å². The van der Waals surface area contributed by atoms with E-state index in [-0.39, 0.29) is 29.3 Å². The number of ether oxygens (including phenoxy) is 1. The molecular weight excluding hydrogens is 212 g/mol. The third-order valence-corrected chi connectivity index (χ3v) is 6.18. The van der Waals surface area contributed by atoms with Crippen LogP contribution in [0.25, 0.3) is 0 Å². The van der Waals surface area contributed by atoms with Gasteiger partial charge in [0.1, 0.15) is 0 Å². The number of esters is 2. The molecule has 1 N–H and O–H groups in total. The predicted octanol–water partition coefficient (Wildman–Crippen LogP) is 1.05. The van der Waals surface area contributed by atoms with Crippen molar-refractivity contribution in [1.82, 2.24) is 0 Å². The molecule has 1 aliphatic carbocycles. The third-order valence-electron chi connectivity index (χ3n) is 3.66. The number of rotatable bonds is 1. The molecule has 0 aromatic carbocycles. The molecule has 84 valence electrons. The zero-order chi connectivity index (χ0) is 11.2. The first kappa shape index (κ1) is 10.8. The lowest BCUT2D eigenvalue weighted by molar-refractivity contribution is -0.153. The zero-order valence-electron chi connectivity index (χ0n) is 9.03. The average molecular weight is 228 g/mol. The van der Waals surface area contributed by atoms with Gasteiger partial charge in [-0.15, -0.1) is 0 Å². The zero-order valence-corrected chi connectivity index (χ0v) is 10.0. The summed E-state index contributed by atoms with van der Waals surface area (Å²) in [5.74, 6) is -1.26. The van der Waals surface area contributed by atoms with Gasteiger partial charge in [0.2, 0.25) is 0 Å². The van der Waals surface area contributed by atoms with Gasteiger partial charge in [0.25, 0.3) is 0 Å². The Hall–Kier alpha value is -0.683. The van der Waals surface area contributed by atoms with Crippen molar-refractivity contribution in [1.29, 1.82) is 0 Å². The van der Waals surface area contributed by atoms with Crippen molar-refractivity contribution < 1.29 is 19.1 Å². The minimum absolute atomic E-state index is 0.220. The fourth-order valence-electron chi connectivity index (χ4n) is 2.61. The summed E-state index contributed by atoms with van der Waals surface area (Å²) in [4.78, 5) is 32.7. The minimum atomic E-state index is -2.19. The minimum Gasteiger partial charge on any atom is -0.432 e. The summed E-state index contributed by atoms with van der Waals surface area (Å²) in [6, 6.07) is 0. The third kappa shape index (κ3) is 1.86. The second-order valence-electron chi connectivity index (χ2n) is 5.12. The summed E-state index contributed by atoms with van der Waals surface area (Å²) in [5.41, 5.74) is 0.220. The van der Waals surface area contributed by atoms with Crippen molar-refractivity contribution in [3.63, 3.8) is 0 Å². The van der Waals surface area contributed by atoms with Crippen LogP contribution in [-0.2, 0) is 14.3 Å². The second kappa shape index (κ2) is 3.42. The highest BCUT2D eigenvalue weighted by molar-refractivity contribution is 6.71. The van der Waals surface area contributed by atoms with Gasteiger partial charge < -0.3 is 9.53 Å². The maximum absolute atomic E-state index is 11.4. The highest BCUT2D eigenvalue weighted by Crippen LogP contribution is 2.45. The van der Waals surface area contributed by atoms with Crippen LogP contribution in [0.3, 0.4) is 0 Å². The van der Waals surface area contributed by atoms with E-state index in [1.165, 1.54) is 0 Å². The lowest BCUT2D eigenvalue weighted by atomic mass is 9.81. The van der Waals surface area contributed by atoms with E-state index in [0.717, 1.165) is 6.42 Å². The van der Waals surface area contributed by atoms with Crippen LogP contribution < -0.4 is 0 Å². The van der Waals surface area contributed by atoms with Crippen LogP contribution in [-0.4, -0.2) is 25.1 Å². The SMILES string of the molecule is C[Si](C)(O)C1CCC2C(=O)OC(=O)C2C1. The van der Waals surface area contributed by atoms with Gasteiger partial charge in [-0.3, -0.25) is 9.59 Å². The Morgan fingerprint density at radius 3 is 2.40 bits per heavy atom. The maximum atomic E-state index is 11.4. The molecule has 15 heavy (non-hydrogen) atoms. The molecule has 0 bridgehead atoms. The molecule has 2 fully saturated rings. The molecule has 2 aliphatic rings. The monoisotopic (exact) mass is 228 g/mol. The van der Waals surface area contributed by atoms with Gasteiger partial charge >= 0.3 is 11.9 Å². The molecule has 3 unspecified atom stereocenters. The number of hydrogen-bond acceptors (Lipinski definition) is 4. The summed E-state index contributed by atoms with van der Waals surface area (Å²) in [6.45, 7) is 3.78. The Balaban J connectivity index is 2.12. The molecule has 3 atom stereocenters. The molecule has 4 nitrogen and oxygen atoms in total. The van der Waals surface area contributed by atoms with Gasteiger partial charge in [0, 0.05) is 0 Å². The molecule has 0 amide bonds. The maximum Gasteiger partial charge on any atom is 0.317 e. The van der Waals surface area contributed by atoms with E-state index in [2.05, 4.69) is 4.74 Å². The van der Waals surface area contributed by atoms with Crippen LogP contribution in [0, 0.1) is 11.8 Å². The lowest BCUT2D eigenvalue weighted by Crippen LogP contribution is -2.38. The fourth-order valence-corrected chi connectivity index (χ4v) is 4.31. The van der Waals surface area contributed by atoms with Gasteiger partial charge in [0.05, 0.1) is 11.8 Å². The normalized spacial score (nSPS) is 36.3. The van der Waals surface area contributed by atoms with Gasteiger partial charge in [0.15, 0.2) is 8.32 Å². The highest BCUT2D eigenvalue weighted by atomic mass is 28.4. The van der Waals surface area contributed by atoms with E-state index in [4.69, 9.17) is 0 Å². The topological polar surface area (TPSA) is 63.6 Å². The van der Waals surface area contributed by atoms with E-state index < -0.39 is 8.32 Å². The molecule has 1 saturated heterocycles. The Labute approximate surface area is 89.7 Å². The summed E-state index contributed by atoms with van der Waals surface area (Å²) < 4.78 is 4.63. The van der Waals surface area contributed by atoms with Gasteiger partial charge in [-0.05, 0) is 37.9 Å². The standard InChI is InChI=1S/C10H16O4Si/c1-15(2,13)6-3-4-7-8(5-6)10(12)14-9(7)11/h6-8,13H,3-5H2,1-2H3. The van der Waals surface area contributed by atoms with Crippen molar-refractivity contribution in [2.75, 3.05) is 0 Å². The van der Waals surface area contributed by atoms with Crippen LogP contribution in [0.5, 0.6) is 0 Å². The quantitative estimate of drug-likeness (QED) is 0.414. The number of carbonyl (C=O) groups excluding carboxylic acids is 2. The molecule has 5 heteroatoms. The molecule has 0 aromatic rings. The van der Waals surface area contributed by atoms with Crippen molar-refractivity contribution in [2.45, 2.75) is 37.9 Å². The van der Waals surface area contributed by atoms with E-state index >= 15 is 0 Å². The Bertz CT molecular complexity index is 307. The molecule has 0 aromatic heterocycles. The fraction of sp³-hybridized carbons (Fsp3) is 0.800. The first-order chi connectivity index (χ1) is 6.89. The highest BCUT2D eigenvalue weighted by Gasteiger charge is 2.50. The van der Waals surface area contributed by atoms with Crippen LogP contribution in [0.15, 0.2) is 0 Å². The summed E-state index contributed by atoms with van der Waals surface area (Å²) in [6.07, 6.45) is 2.17. The number of cyclic esters (lactones) is 2.